The number of aromatic nitrogens is 4. The number of carbonyl (C=O) groups excluding carboxylic acids is 1. The van der Waals surface area contributed by atoms with Crippen molar-refractivity contribution >= 4 is 17.4 Å². The first-order valence-electron chi connectivity index (χ1n) is 9.40. The maximum atomic E-state index is 14.0. The molecule has 0 unspecified atom stereocenters. The smallest absolute Gasteiger partial charge is 0.274 e. The van der Waals surface area contributed by atoms with Crippen LogP contribution in [0.2, 0.25) is 0 Å². The minimum atomic E-state index is -0.678. The van der Waals surface area contributed by atoms with Gasteiger partial charge < -0.3 is 25.8 Å². The molecule has 162 valence electrons. The fraction of sp³-hybridized carbons (Fsp3) is 0.0952. The molecule has 0 fully saturated rings. The molecular formula is C21H18FN7O3. The van der Waals surface area contributed by atoms with E-state index in [0.29, 0.717) is 5.56 Å². The number of rotatable bonds is 5. The summed E-state index contributed by atoms with van der Waals surface area (Å²) in [5.41, 5.74) is 12.6. The lowest BCUT2D eigenvalue weighted by molar-refractivity contribution is 0.0946. The minimum absolute atomic E-state index is 0.138. The van der Waals surface area contributed by atoms with E-state index in [1.165, 1.54) is 53.6 Å². The second-order valence-electron chi connectivity index (χ2n) is 6.85. The Morgan fingerprint density at radius 1 is 1.19 bits per heavy atom. The number of halogens is 1. The molecule has 4 rings (SSSR count). The number of benzene rings is 1. The summed E-state index contributed by atoms with van der Waals surface area (Å²) in [7, 11) is 1.58. The number of anilines is 2. The van der Waals surface area contributed by atoms with E-state index >= 15 is 0 Å². The maximum absolute atomic E-state index is 14.0. The van der Waals surface area contributed by atoms with E-state index < -0.39 is 11.7 Å². The van der Waals surface area contributed by atoms with E-state index in [4.69, 9.17) is 15.9 Å². The SMILES string of the molecule is Cn1cc(-c2nc(C(=O)NCc3c(N)cccc3F)c(N)nc2-c2ncco2)ccc1=O. The van der Waals surface area contributed by atoms with Crippen LogP contribution in [0.1, 0.15) is 16.1 Å². The molecule has 0 spiro atoms. The zero-order chi connectivity index (χ0) is 22.8. The number of amides is 1. The van der Waals surface area contributed by atoms with Gasteiger partial charge in [0.1, 0.15) is 17.8 Å². The lowest BCUT2D eigenvalue weighted by Gasteiger charge is -2.13. The van der Waals surface area contributed by atoms with Crippen LogP contribution < -0.4 is 22.3 Å². The van der Waals surface area contributed by atoms with Gasteiger partial charge in [0.2, 0.25) is 11.4 Å². The molecule has 11 heteroatoms. The van der Waals surface area contributed by atoms with Gasteiger partial charge in [0, 0.05) is 42.7 Å². The number of nitrogens with zero attached hydrogens (tertiary/aromatic N) is 4. The standard InChI is InChI=1S/C21H18FN7O3/c1-29-10-11(5-6-15(29)30)16-17(21-25-7-8-32-21)28-19(24)18(27-16)20(31)26-9-12-13(22)3-2-4-14(12)23/h2-8,10H,9,23H2,1H3,(H2,24,28)(H,26,31). The van der Waals surface area contributed by atoms with Crippen LogP contribution in [0.4, 0.5) is 15.9 Å². The third-order valence-corrected chi connectivity index (χ3v) is 4.71. The summed E-state index contributed by atoms with van der Waals surface area (Å²) in [4.78, 5) is 37.3. The van der Waals surface area contributed by atoms with Crippen LogP contribution in [0.15, 0.2) is 58.2 Å². The number of aryl methyl sites for hydroxylation is 1. The van der Waals surface area contributed by atoms with Crippen LogP contribution in [-0.2, 0) is 13.6 Å². The Hall–Kier alpha value is -4.54. The van der Waals surface area contributed by atoms with Crippen molar-refractivity contribution in [1.82, 2.24) is 24.8 Å². The van der Waals surface area contributed by atoms with Gasteiger partial charge in [-0.05, 0) is 18.2 Å². The Morgan fingerprint density at radius 3 is 2.69 bits per heavy atom. The zero-order valence-electron chi connectivity index (χ0n) is 16.9. The molecule has 1 amide bonds. The van der Waals surface area contributed by atoms with Crippen molar-refractivity contribution in [2.45, 2.75) is 6.54 Å². The summed E-state index contributed by atoms with van der Waals surface area (Å²) in [5, 5.41) is 2.56. The highest BCUT2D eigenvalue weighted by molar-refractivity contribution is 5.97. The van der Waals surface area contributed by atoms with E-state index in [2.05, 4.69) is 20.3 Å². The fourth-order valence-corrected chi connectivity index (χ4v) is 3.05. The number of nitrogen functional groups attached to an aromatic ring is 2. The van der Waals surface area contributed by atoms with Crippen LogP contribution in [0.3, 0.4) is 0 Å². The van der Waals surface area contributed by atoms with Crippen LogP contribution in [0, 0.1) is 5.82 Å². The molecule has 32 heavy (non-hydrogen) atoms. The average molecular weight is 435 g/mol. The summed E-state index contributed by atoms with van der Waals surface area (Å²) in [6.07, 6.45) is 4.32. The summed E-state index contributed by atoms with van der Waals surface area (Å²) < 4.78 is 20.7. The first-order valence-corrected chi connectivity index (χ1v) is 9.40. The Labute approximate surface area is 180 Å². The van der Waals surface area contributed by atoms with Crippen LogP contribution in [-0.4, -0.2) is 25.4 Å². The highest BCUT2D eigenvalue weighted by Gasteiger charge is 2.22. The van der Waals surface area contributed by atoms with Crippen molar-refractivity contribution in [3.05, 3.63) is 76.4 Å². The first kappa shape index (κ1) is 20.7. The molecule has 0 saturated carbocycles. The van der Waals surface area contributed by atoms with Gasteiger partial charge >= 0.3 is 0 Å². The monoisotopic (exact) mass is 435 g/mol. The minimum Gasteiger partial charge on any atom is -0.443 e. The fourth-order valence-electron chi connectivity index (χ4n) is 3.05. The number of nitrogens with two attached hydrogens (primary N) is 2. The molecule has 0 aliphatic heterocycles. The van der Waals surface area contributed by atoms with Gasteiger partial charge in [-0.3, -0.25) is 9.59 Å². The van der Waals surface area contributed by atoms with Gasteiger partial charge in [0.05, 0.1) is 6.20 Å². The van der Waals surface area contributed by atoms with Crippen LogP contribution in [0.25, 0.3) is 22.8 Å². The van der Waals surface area contributed by atoms with Crippen molar-refractivity contribution in [3.63, 3.8) is 0 Å². The molecule has 3 aromatic heterocycles. The topological polar surface area (TPSA) is 155 Å². The lowest BCUT2D eigenvalue weighted by atomic mass is 10.1. The summed E-state index contributed by atoms with van der Waals surface area (Å²) in [6.45, 7) is -0.172. The number of carbonyl (C=O) groups is 1. The van der Waals surface area contributed by atoms with Crippen molar-refractivity contribution < 1.29 is 13.6 Å². The largest absolute Gasteiger partial charge is 0.443 e. The van der Waals surface area contributed by atoms with E-state index in [0.717, 1.165) is 0 Å². The van der Waals surface area contributed by atoms with E-state index in [-0.39, 0.29) is 52.1 Å². The number of hydrogen-bond acceptors (Lipinski definition) is 8. The molecule has 0 saturated heterocycles. The van der Waals surface area contributed by atoms with Crippen molar-refractivity contribution in [2.24, 2.45) is 7.05 Å². The molecule has 1 aromatic carbocycles. The van der Waals surface area contributed by atoms with Crippen LogP contribution in [0.5, 0.6) is 0 Å². The predicted molar refractivity (Wildman–Crippen MR) is 115 cm³/mol. The van der Waals surface area contributed by atoms with E-state index in [1.807, 2.05) is 0 Å². The van der Waals surface area contributed by atoms with Gasteiger partial charge in [-0.2, -0.15) is 0 Å². The molecule has 0 atom stereocenters. The predicted octanol–water partition coefficient (Wildman–Crippen LogP) is 1.73. The van der Waals surface area contributed by atoms with Crippen molar-refractivity contribution in [3.8, 4) is 22.8 Å². The van der Waals surface area contributed by atoms with Crippen LogP contribution >= 0.6 is 0 Å². The number of oxazole rings is 1. The normalized spacial score (nSPS) is 10.8. The second kappa shape index (κ2) is 8.30. The van der Waals surface area contributed by atoms with Gasteiger partial charge in [-0.1, -0.05) is 6.07 Å². The molecule has 5 N–H and O–H groups in total. The van der Waals surface area contributed by atoms with Gasteiger partial charge in [0.25, 0.3) is 5.91 Å². The highest BCUT2D eigenvalue weighted by atomic mass is 19.1. The molecule has 0 bridgehead atoms. The Bertz CT molecular complexity index is 1350. The van der Waals surface area contributed by atoms with E-state index in [9.17, 15) is 14.0 Å². The molecular weight excluding hydrogens is 417 g/mol. The van der Waals surface area contributed by atoms with E-state index in [1.54, 1.807) is 7.05 Å². The van der Waals surface area contributed by atoms with Gasteiger partial charge in [0.15, 0.2) is 17.2 Å². The number of nitrogens with one attached hydrogen (secondary N) is 1. The number of pyridine rings is 1. The van der Waals surface area contributed by atoms with Gasteiger partial charge in [-0.15, -0.1) is 0 Å². The zero-order valence-corrected chi connectivity index (χ0v) is 16.9. The summed E-state index contributed by atoms with van der Waals surface area (Å²) in [5.74, 6) is -1.26. The summed E-state index contributed by atoms with van der Waals surface area (Å²) in [6, 6.07) is 7.14. The quantitative estimate of drug-likeness (QED) is 0.400. The maximum Gasteiger partial charge on any atom is 0.274 e. The van der Waals surface area contributed by atoms with Crippen molar-refractivity contribution in [2.75, 3.05) is 11.5 Å². The second-order valence-corrected chi connectivity index (χ2v) is 6.85. The molecule has 0 radical (unpaired) electrons. The average Bonchev–Trinajstić information content (AvgIpc) is 3.30. The molecule has 4 aromatic rings. The Morgan fingerprint density at radius 2 is 2.00 bits per heavy atom. The molecule has 3 heterocycles. The molecule has 0 aliphatic rings. The highest BCUT2D eigenvalue weighted by Crippen LogP contribution is 2.29. The van der Waals surface area contributed by atoms with Crippen molar-refractivity contribution in [1.29, 1.82) is 0 Å². The molecule has 0 aliphatic carbocycles. The first-order chi connectivity index (χ1) is 15.3. The number of hydrogen-bond donors (Lipinski definition) is 3. The van der Waals surface area contributed by atoms with Gasteiger partial charge in [-0.25, -0.2) is 19.3 Å². The Kier molecular flexibility index (Phi) is 5.37. The third kappa shape index (κ3) is 3.90. The third-order valence-electron chi connectivity index (χ3n) is 4.71. The summed E-state index contributed by atoms with van der Waals surface area (Å²) >= 11 is 0. The Balaban J connectivity index is 1.75. The lowest BCUT2D eigenvalue weighted by Crippen LogP contribution is -2.26. The molecule has 10 nitrogen and oxygen atoms in total.